The minimum Gasteiger partial charge on any atom is -0.366 e. The van der Waals surface area contributed by atoms with Crippen molar-refractivity contribution in [1.82, 2.24) is 4.90 Å². The highest BCUT2D eigenvalue weighted by Gasteiger charge is 2.07. The van der Waals surface area contributed by atoms with Crippen molar-refractivity contribution in [3.8, 4) is 0 Å². The summed E-state index contributed by atoms with van der Waals surface area (Å²) in [5, 5.41) is 0. The van der Waals surface area contributed by atoms with Crippen LogP contribution in [0.5, 0.6) is 0 Å². The summed E-state index contributed by atoms with van der Waals surface area (Å²) in [5.41, 5.74) is 4.88. The van der Waals surface area contributed by atoms with Gasteiger partial charge >= 0.3 is 0 Å². The molecule has 0 aliphatic carbocycles. The summed E-state index contributed by atoms with van der Waals surface area (Å²) in [6, 6.07) is 11.8. The minimum absolute atomic E-state index is 0.270. The normalized spacial score (nSPS) is 11.1. The Labute approximate surface area is 132 Å². The van der Waals surface area contributed by atoms with Gasteiger partial charge in [0.2, 0.25) is 0 Å². The molecule has 0 fully saturated rings. The van der Waals surface area contributed by atoms with E-state index >= 15 is 0 Å². The van der Waals surface area contributed by atoms with Crippen molar-refractivity contribution in [1.29, 1.82) is 0 Å². The van der Waals surface area contributed by atoms with Crippen LogP contribution in [-0.2, 0) is 6.42 Å². The molecule has 0 heterocycles. The van der Waals surface area contributed by atoms with Gasteiger partial charge in [-0.25, -0.2) is 9.38 Å². The molecule has 0 bridgehead atoms. The van der Waals surface area contributed by atoms with Crippen LogP contribution in [0.3, 0.4) is 0 Å². The third-order valence-electron chi connectivity index (χ3n) is 3.81. The van der Waals surface area contributed by atoms with E-state index in [0.29, 0.717) is 5.69 Å². The number of rotatable bonds is 5. The monoisotopic (exact) mass is 298 g/mol. The van der Waals surface area contributed by atoms with Crippen LogP contribution in [0.25, 0.3) is 0 Å². The van der Waals surface area contributed by atoms with Crippen molar-refractivity contribution >= 4 is 12.0 Å². The van der Waals surface area contributed by atoms with Gasteiger partial charge in [0.25, 0.3) is 0 Å². The minimum atomic E-state index is -0.270. The zero-order valence-electron chi connectivity index (χ0n) is 13.7. The molecule has 116 valence electrons. The molecule has 0 atom stereocenters. The number of nitrogens with zero attached hydrogens (tertiary/aromatic N) is 2. The van der Waals surface area contributed by atoms with Crippen molar-refractivity contribution in [3.63, 3.8) is 0 Å². The second-order valence-corrected chi connectivity index (χ2v) is 5.71. The molecule has 0 saturated heterocycles. The highest BCUT2D eigenvalue weighted by atomic mass is 19.1. The summed E-state index contributed by atoms with van der Waals surface area (Å²) in [7, 11) is 1.92. The number of aryl methyl sites for hydroxylation is 2. The van der Waals surface area contributed by atoms with Gasteiger partial charge in [-0.1, -0.05) is 29.8 Å². The molecule has 0 amide bonds. The lowest BCUT2D eigenvalue weighted by atomic mass is 9.99. The molecule has 2 aromatic carbocycles. The molecule has 0 unspecified atom stereocenters. The summed E-state index contributed by atoms with van der Waals surface area (Å²) in [6.45, 7) is 6.94. The Balaban J connectivity index is 2.22. The van der Waals surface area contributed by atoms with Gasteiger partial charge in [0.1, 0.15) is 11.5 Å². The molecule has 0 spiro atoms. The van der Waals surface area contributed by atoms with Gasteiger partial charge in [-0.2, -0.15) is 0 Å². The van der Waals surface area contributed by atoms with Gasteiger partial charge in [0.05, 0.1) is 6.34 Å². The van der Waals surface area contributed by atoms with Gasteiger partial charge in [-0.05, 0) is 56.0 Å². The molecule has 0 aliphatic heterocycles. The van der Waals surface area contributed by atoms with Crippen molar-refractivity contribution in [2.75, 3.05) is 13.6 Å². The van der Waals surface area contributed by atoms with Crippen LogP contribution in [0.2, 0.25) is 0 Å². The van der Waals surface area contributed by atoms with E-state index in [1.54, 1.807) is 12.4 Å². The van der Waals surface area contributed by atoms with E-state index in [2.05, 4.69) is 36.2 Å². The van der Waals surface area contributed by atoms with Crippen LogP contribution in [0.15, 0.2) is 41.4 Å². The topological polar surface area (TPSA) is 15.6 Å². The lowest BCUT2D eigenvalue weighted by molar-refractivity contribution is 0.551. The standard InChI is InChI=1S/C19H23FN2/c1-5-22(4)13-21-19-10-15(3)17(12-18(19)20)11-16-8-6-14(2)7-9-16/h6-10,12-13H,5,11H2,1-4H3. The SMILES string of the molecule is CCN(C)C=Nc1cc(C)c(Cc2ccc(C)cc2)cc1F. The van der Waals surface area contributed by atoms with E-state index in [4.69, 9.17) is 0 Å². The lowest BCUT2D eigenvalue weighted by Gasteiger charge is -2.11. The zero-order valence-corrected chi connectivity index (χ0v) is 13.7. The first kappa shape index (κ1) is 16.2. The van der Waals surface area contributed by atoms with Crippen molar-refractivity contribution in [2.45, 2.75) is 27.2 Å². The van der Waals surface area contributed by atoms with Crippen molar-refractivity contribution in [3.05, 3.63) is 64.5 Å². The number of benzene rings is 2. The Kier molecular flexibility index (Phi) is 5.31. The maximum atomic E-state index is 14.2. The molecule has 0 radical (unpaired) electrons. The Hall–Kier alpha value is -2.16. The highest BCUT2D eigenvalue weighted by molar-refractivity contribution is 5.62. The molecule has 22 heavy (non-hydrogen) atoms. The van der Waals surface area contributed by atoms with E-state index in [-0.39, 0.29) is 5.82 Å². The van der Waals surface area contributed by atoms with Gasteiger partial charge in [-0.15, -0.1) is 0 Å². The summed E-state index contributed by atoms with van der Waals surface area (Å²) in [5.74, 6) is -0.270. The Morgan fingerprint density at radius 1 is 1.14 bits per heavy atom. The third kappa shape index (κ3) is 4.17. The average molecular weight is 298 g/mol. The molecular formula is C19H23FN2. The molecule has 2 rings (SSSR count). The van der Waals surface area contributed by atoms with Gasteiger partial charge < -0.3 is 4.90 Å². The molecule has 2 aromatic rings. The largest absolute Gasteiger partial charge is 0.366 e. The first-order chi connectivity index (χ1) is 10.5. The van der Waals surface area contributed by atoms with Crippen molar-refractivity contribution < 1.29 is 4.39 Å². The Bertz CT molecular complexity index is 660. The van der Waals surface area contributed by atoms with E-state index in [1.807, 2.05) is 31.9 Å². The maximum Gasteiger partial charge on any atom is 0.149 e. The summed E-state index contributed by atoms with van der Waals surface area (Å²) >= 11 is 0. The fourth-order valence-electron chi connectivity index (χ4n) is 2.17. The molecule has 0 saturated carbocycles. The molecule has 0 aromatic heterocycles. The lowest BCUT2D eigenvalue weighted by Crippen LogP contribution is -2.14. The quantitative estimate of drug-likeness (QED) is 0.580. The van der Waals surface area contributed by atoms with Crippen LogP contribution in [0.4, 0.5) is 10.1 Å². The molecule has 2 nitrogen and oxygen atoms in total. The molecule has 0 aliphatic rings. The van der Waals surface area contributed by atoms with Gasteiger partial charge in [0.15, 0.2) is 0 Å². The van der Waals surface area contributed by atoms with E-state index in [9.17, 15) is 4.39 Å². The molecule has 3 heteroatoms. The van der Waals surface area contributed by atoms with E-state index in [1.165, 1.54) is 11.1 Å². The number of halogens is 1. The summed E-state index contributed by atoms with van der Waals surface area (Å²) < 4.78 is 14.2. The van der Waals surface area contributed by atoms with Crippen molar-refractivity contribution in [2.24, 2.45) is 4.99 Å². The second kappa shape index (κ2) is 7.21. The Morgan fingerprint density at radius 2 is 1.82 bits per heavy atom. The van der Waals surface area contributed by atoms with Gasteiger partial charge in [0, 0.05) is 13.6 Å². The predicted octanol–water partition coefficient (Wildman–Crippen LogP) is 4.64. The number of hydrogen-bond donors (Lipinski definition) is 0. The fourth-order valence-corrected chi connectivity index (χ4v) is 2.17. The van der Waals surface area contributed by atoms with Gasteiger partial charge in [-0.3, -0.25) is 0 Å². The van der Waals surface area contributed by atoms with Crippen LogP contribution < -0.4 is 0 Å². The molecule has 0 N–H and O–H groups in total. The summed E-state index contributed by atoms with van der Waals surface area (Å²) in [4.78, 5) is 6.13. The Morgan fingerprint density at radius 3 is 2.45 bits per heavy atom. The van der Waals surface area contributed by atoms with Crippen LogP contribution in [0, 0.1) is 19.7 Å². The van der Waals surface area contributed by atoms with E-state index in [0.717, 1.165) is 24.1 Å². The van der Waals surface area contributed by atoms with Crippen LogP contribution in [-0.4, -0.2) is 24.8 Å². The average Bonchev–Trinajstić information content (AvgIpc) is 2.51. The van der Waals surface area contributed by atoms with Crippen LogP contribution in [0.1, 0.15) is 29.2 Å². The smallest absolute Gasteiger partial charge is 0.149 e. The van der Waals surface area contributed by atoms with E-state index < -0.39 is 0 Å². The second-order valence-electron chi connectivity index (χ2n) is 5.71. The number of aliphatic imine (C=N–C) groups is 1. The molecular weight excluding hydrogens is 275 g/mol. The van der Waals surface area contributed by atoms with Crippen LogP contribution >= 0.6 is 0 Å². The fraction of sp³-hybridized carbons (Fsp3) is 0.316. The maximum absolute atomic E-state index is 14.2. The first-order valence-electron chi connectivity index (χ1n) is 7.58. The zero-order chi connectivity index (χ0) is 16.1. The summed E-state index contributed by atoms with van der Waals surface area (Å²) in [6.07, 6.45) is 2.40. The third-order valence-corrected chi connectivity index (χ3v) is 3.81. The highest BCUT2D eigenvalue weighted by Crippen LogP contribution is 2.24. The first-order valence-corrected chi connectivity index (χ1v) is 7.58. The number of hydrogen-bond acceptors (Lipinski definition) is 1. The predicted molar refractivity (Wildman–Crippen MR) is 91.6 cm³/mol.